The molecule has 4 rings (SSSR count). The van der Waals surface area contributed by atoms with Gasteiger partial charge in [0.15, 0.2) is 0 Å². The Balaban J connectivity index is 1.60. The van der Waals surface area contributed by atoms with Gasteiger partial charge in [0.25, 0.3) is 0 Å². The number of nitrogens with one attached hydrogen (secondary N) is 1. The molecule has 4 nitrogen and oxygen atoms in total. The van der Waals surface area contributed by atoms with Crippen molar-refractivity contribution in [3.63, 3.8) is 0 Å². The van der Waals surface area contributed by atoms with E-state index in [-0.39, 0.29) is 11.7 Å². The predicted octanol–water partition coefficient (Wildman–Crippen LogP) is 1.89. The quantitative estimate of drug-likeness (QED) is 0.918. The van der Waals surface area contributed by atoms with Crippen LogP contribution in [0.25, 0.3) is 0 Å². The van der Waals surface area contributed by atoms with E-state index in [1.165, 1.54) is 5.56 Å². The molecule has 3 fully saturated rings. The van der Waals surface area contributed by atoms with Crippen LogP contribution >= 0.6 is 11.3 Å². The smallest absolute Gasteiger partial charge is 0.244 e. The van der Waals surface area contributed by atoms with E-state index in [2.05, 4.69) is 27.0 Å². The lowest BCUT2D eigenvalue weighted by Crippen LogP contribution is -2.50. The second kappa shape index (κ2) is 4.04. The van der Waals surface area contributed by atoms with Gasteiger partial charge in [0.05, 0.1) is 6.10 Å². The summed E-state index contributed by atoms with van der Waals surface area (Å²) in [7, 11) is 1.75. The number of carbonyl (C=O) groups is 1. The van der Waals surface area contributed by atoms with Crippen molar-refractivity contribution in [1.82, 2.24) is 10.2 Å². The SMILES string of the molecule is COC1CC(N2C(=O)C3(CC3)NC2c2ccsc2)C1. The molecule has 1 amide bonds. The molecule has 19 heavy (non-hydrogen) atoms. The van der Waals surface area contributed by atoms with Gasteiger partial charge in [-0.25, -0.2) is 0 Å². The molecule has 0 aromatic carbocycles. The van der Waals surface area contributed by atoms with E-state index in [0.29, 0.717) is 18.1 Å². The van der Waals surface area contributed by atoms with E-state index in [0.717, 1.165) is 25.7 Å². The van der Waals surface area contributed by atoms with Gasteiger partial charge in [-0.15, -0.1) is 0 Å². The predicted molar refractivity (Wildman–Crippen MR) is 72.8 cm³/mol. The van der Waals surface area contributed by atoms with Gasteiger partial charge in [0.1, 0.15) is 11.7 Å². The van der Waals surface area contributed by atoms with Gasteiger partial charge >= 0.3 is 0 Å². The highest BCUT2D eigenvalue weighted by molar-refractivity contribution is 7.07. The highest BCUT2D eigenvalue weighted by Gasteiger charge is 2.61. The summed E-state index contributed by atoms with van der Waals surface area (Å²) in [4.78, 5) is 14.7. The molecule has 2 heterocycles. The normalized spacial score (nSPS) is 35.7. The molecule has 1 atom stereocenters. The molecule has 5 heteroatoms. The van der Waals surface area contributed by atoms with Gasteiger partial charge in [-0.3, -0.25) is 10.1 Å². The maximum atomic E-state index is 12.7. The Morgan fingerprint density at radius 3 is 2.84 bits per heavy atom. The number of carbonyl (C=O) groups excluding carboxylic acids is 1. The summed E-state index contributed by atoms with van der Waals surface area (Å²) in [6, 6.07) is 2.46. The highest BCUT2D eigenvalue weighted by atomic mass is 32.1. The van der Waals surface area contributed by atoms with E-state index in [1.54, 1.807) is 18.4 Å². The van der Waals surface area contributed by atoms with Crippen LogP contribution in [0, 0.1) is 0 Å². The molecule has 0 radical (unpaired) electrons. The van der Waals surface area contributed by atoms with E-state index in [4.69, 9.17) is 4.74 Å². The van der Waals surface area contributed by atoms with Crippen molar-refractivity contribution in [2.75, 3.05) is 7.11 Å². The van der Waals surface area contributed by atoms with Crippen molar-refractivity contribution in [2.24, 2.45) is 0 Å². The molecule has 2 aliphatic carbocycles. The summed E-state index contributed by atoms with van der Waals surface area (Å²) in [6.07, 6.45) is 4.33. The first-order valence-corrected chi connectivity index (χ1v) is 7.83. The van der Waals surface area contributed by atoms with Gasteiger partial charge in [0, 0.05) is 13.2 Å². The summed E-state index contributed by atoms with van der Waals surface area (Å²) < 4.78 is 5.35. The zero-order valence-electron chi connectivity index (χ0n) is 11.0. The van der Waals surface area contributed by atoms with Crippen LogP contribution in [-0.2, 0) is 9.53 Å². The summed E-state index contributed by atoms with van der Waals surface area (Å²) in [6.45, 7) is 0. The second-order valence-electron chi connectivity index (χ2n) is 5.88. The molecular weight excluding hydrogens is 260 g/mol. The summed E-state index contributed by atoms with van der Waals surface area (Å²) >= 11 is 1.69. The van der Waals surface area contributed by atoms with Crippen LogP contribution in [0.1, 0.15) is 37.4 Å². The van der Waals surface area contributed by atoms with Gasteiger partial charge < -0.3 is 9.64 Å². The van der Waals surface area contributed by atoms with Gasteiger partial charge in [-0.05, 0) is 48.1 Å². The van der Waals surface area contributed by atoms with Crippen molar-refractivity contribution in [2.45, 2.75) is 49.5 Å². The third kappa shape index (κ3) is 1.68. The maximum Gasteiger partial charge on any atom is 0.244 e. The number of hydrogen-bond acceptors (Lipinski definition) is 4. The number of nitrogens with zero attached hydrogens (tertiary/aromatic N) is 1. The molecule has 1 aromatic heterocycles. The molecule has 1 aliphatic heterocycles. The van der Waals surface area contributed by atoms with Crippen molar-refractivity contribution >= 4 is 17.2 Å². The summed E-state index contributed by atoms with van der Waals surface area (Å²) in [5.74, 6) is 0.309. The molecule has 2 saturated carbocycles. The Morgan fingerprint density at radius 1 is 1.47 bits per heavy atom. The van der Waals surface area contributed by atoms with Crippen LogP contribution < -0.4 is 5.32 Å². The zero-order valence-corrected chi connectivity index (χ0v) is 11.8. The standard InChI is InChI=1S/C14H18N2O2S/c1-18-11-6-10(7-11)16-12(9-2-5-19-8-9)15-14(3-4-14)13(16)17/h2,5,8,10-12,15H,3-4,6-7H2,1H3. The number of thiophene rings is 1. The van der Waals surface area contributed by atoms with Crippen molar-refractivity contribution in [1.29, 1.82) is 0 Å². The summed E-state index contributed by atoms with van der Waals surface area (Å²) in [5, 5.41) is 7.79. The largest absolute Gasteiger partial charge is 0.381 e. The van der Waals surface area contributed by atoms with Crippen LogP contribution in [0.3, 0.4) is 0 Å². The third-order valence-corrected chi connectivity index (χ3v) is 5.44. The fourth-order valence-electron chi connectivity index (χ4n) is 3.25. The van der Waals surface area contributed by atoms with Crippen LogP contribution in [-0.4, -0.2) is 35.6 Å². The lowest BCUT2D eigenvalue weighted by molar-refractivity contribution is -0.138. The molecule has 1 saturated heterocycles. The lowest BCUT2D eigenvalue weighted by Gasteiger charge is -2.42. The third-order valence-electron chi connectivity index (χ3n) is 4.74. The van der Waals surface area contributed by atoms with Gasteiger partial charge in [-0.2, -0.15) is 11.3 Å². The lowest BCUT2D eigenvalue weighted by atomic mass is 9.87. The van der Waals surface area contributed by atoms with Gasteiger partial charge in [0.2, 0.25) is 5.91 Å². The minimum absolute atomic E-state index is 0.0732. The van der Waals surface area contributed by atoms with E-state index in [9.17, 15) is 4.79 Å². The van der Waals surface area contributed by atoms with E-state index in [1.807, 2.05) is 0 Å². The highest BCUT2D eigenvalue weighted by Crippen LogP contribution is 2.49. The Morgan fingerprint density at radius 2 is 2.26 bits per heavy atom. The molecule has 102 valence electrons. The molecular formula is C14H18N2O2S. The molecule has 0 bridgehead atoms. The number of methoxy groups -OCH3 is 1. The van der Waals surface area contributed by atoms with Gasteiger partial charge in [-0.1, -0.05) is 0 Å². The topological polar surface area (TPSA) is 41.6 Å². The average Bonchev–Trinajstić information content (AvgIpc) is 2.83. The second-order valence-corrected chi connectivity index (χ2v) is 6.66. The Labute approximate surface area is 116 Å². The van der Waals surface area contributed by atoms with E-state index >= 15 is 0 Å². The fraction of sp³-hybridized carbons (Fsp3) is 0.643. The first kappa shape index (κ1) is 11.9. The summed E-state index contributed by atoms with van der Waals surface area (Å²) in [5.41, 5.74) is 0.994. The maximum absolute atomic E-state index is 12.7. The van der Waals surface area contributed by atoms with Crippen LogP contribution in [0.4, 0.5) is 0 Å². The van der Waals surface area contributed by atoms with Crippen molar-refractivity contribution in [3.05, 3.63) is 22.4 Å². The fourth-order valence-corrected chi connectivity index (χ4v) is 3.93. The number of rotatable bonds is 3. The zero-order chi connectivity index (χ0) is 13.0. The number of ether oxygens (including phenoxy) is 1. The first-order chi connectivity index (χ1) is 9.23. The van der Waals surface area contributed by atoms with Crippen molar-refractivity contribution in [3.8, 4) is 0 Å². The first-order valence-electron chi connectivity index (χ1n) is 6.89. The molecule has 1 aromatic rings. The Bertz CT molecular complexity index is 492. The number of hydrogen-bond donors (Lipinski definition) is 1. The van der Waals surface area contributed by atoms with E-state index < -0.39 is 0 Å². The average molecular weight is 278 g/mol. The molecule has 1 spiro atoms. The Hall–Kier alpha value is -0.910. The minimum Gasteiger partial charge on any atom is -0.381 e. The van der Waals surface area contributed by atoms with Crippen LogP contribution in [0.2, 0.25) is 0 Å². The van der Waals surface area contributed by atoms with Crippen molar-refractivity contribution < 1.29 is 9.53 Å². The molecule has 3 aliphatic rings. The minimum atomic E-state index is -0.231. The Kier molecular flexibility index (Phi) is 2.53. The number of amides is 1. The monoisotopic (exact) mass is 278 g/mol. The molecule has 1 N–H and O–H groups in total. The van der Waals surface area contributed by atoms with Crippen LogP contribution in [0.5, 0.6) is 0 Å². The van der Waals surface area contributed by atoms with Crippen LogP contribution in [0.15, 0.2) is 16.8 Å². The molecule has 1 unspecified atom stereocenters.